The van der Waals surface area contributed by atoms with Gasteiger partial charge in [-0.25, -0.2) is 18.0 Å². The monoisotopic (exact) mass is 520 g/mol. The zero-order valence-corrected chi connectivity index (χ0v) is 19.9. The van der Waals surface area contributed by atoms with Crippen molar-refractivity contribution in [1.82, 2.24) is 19.7 Å². The number of hydrogen-bond acceptors (Lipinski definition) is 6. The number of pyridine rings is 1. The van der Waals surface area contributed by atoms with Crippen LogP contribution in [0.2, 0.25) is 0 Å². The fraction of sp³-hybridized carbons (Fsp3) is 0.417. The van der Waals surface area contributed by atoms with E-state index in [1.54, 1.807) is 7.05 Å². The molecule has 2 saturated heterocycles. The highest BCUT2D eigenvalue weighted by molar-refractivity contribution is 5.99. The Hall–Kier alpha value is -4.03. The molecule has 0 radical (unpaired) electrons. The van der Waals surface area contributed by atoms with Crippen molar-refractivity contribution in [3.63, 3.8) is 0 Å². The second kappa shape index (κ2) is 8.53. The van der Waals surface area contributed by atoms with Crippen molar-refractivity contribution in [2.45, 2.75) is 44.0 Å². The summed E-state index contributed by atoms with van der Waals surface area (Å²) in [4.78, 5) is 54.3. The molecule has 2 aromatic rings. The van der Waals surface area contributed by atoms with E-state index in [4.69, 9.17) is 4.74 Å². The first kappa shape index (κ1) is 24.7. The number of nitrogens with zero attached hydrogens (tertiary/aromatic N) is 3. The molecule has 13 heteroatoms. The molecule has 4 heterocycles. The lowest BCUT2D eigenvalue weighted by Gasteiger charge is -2.42. The lowest BCUT2D eigenvalue weighted by atomic mass is 9.88. The van der Waals surface area contributed by atoms with Crippen LogP contribution in [-0.4, -0.2) is 69.2 Å². The van der Waals surface area contributed by atoms with Crippen LogP contribution in [0.3, 0.4) is 0 Å². The molecule has 3 atom stereocenters. The summed E-state index contributed by atoms with van der Waals surface area (Å²) in [6, 6.07) is -0.100. The van der Waals surface area contributed by atoms with Gasteiger partial charge >= 0.3 is 6.09 Å². The number of amides is 3. The maximum Gasteiger partial charge on any atom is 0.410 e. The fourth-order valence-electron chi connectivity index (χ4n) is 5.37. The predicted octanol–water partition coefficient (Wildman–Crippen LogP) is 1.90. The summed E-state index contributed by atoms with van der Waals surface area (Å²) in [5, 5.41) is 13.0. The number of benzene rings is 1. The number of likely N-dealkylation sites (N-methyl/N-ethyl adjacent to an activating group) is 1. The molecule has 3 aliphatic rings. The van der Waals surface area contributed by atoms with Crippen molar-refractivity contribution in [3.05, 3.63) is 62.8 Å². The van der Waals surface area contributed by atoms with Crippen molar-refractivity contribution < 1.29 is 37.4 Å². The summed E-state index contributed by atoms with van der Waals surface area (Å²) in [5.41, 5.74) is -3.80. The van der Waals surface area contributed by atoms with Crippen LogP contribution in [0, 0.1) is 17.5 Å². The number of hydrogen-bond donors (Lipinski definition) is 2. The second-order valence-corrected chi connectivity index (χ2v) is 9.66. The summed E-state index contributed by atoms with van der Waals surface area (Å²) in [6.45, 7) is 1.39. The Balaban J connectivity index is 1.56. The summed E-state index contributed by atoms with van der Waals surface area (Å²) in [7, 11) is 1.56. The number of rotatable bonds is 3. The summed E-state index contributed by atoms with van der Waals surface area (Å²) >= 11 is 0. The summed E-state index contributed by atoms with van der Waals surface area (Å²) in [6.07, 6.45) is 1.40. The van der Waals surface area contributed by atoms with E-state index in [0.717, 1.165) is 6.20 Å². The van der Waals surface area contributed by atoms with Crippen LogP contribution in [0.5, 0.6) is 5.75 Å². The van der Waals surface area contributed by atoms with Gasteiger partial charge in [-0.05, 0) is 19.8 Å². The van der Waals surface area contributed by atoms with E-state index in [2.05, 4.69) is 5.32 Å². The number of aromatic nitrogens is 1. The van der Waals surface area contributed by atoms with Gasteiger partial charge in [0.1, 0.15) is 23.0 Å². The van der Waals surface area contributed by atoms with E-state index in [-0.39, 0.29) is 24.8 Å². The topological polar surface area (TPSA) is 121 Å². The molecule has 1 spiro atoms. The maximum atomic E-state index is 14.0. The van der Waals surface area contributed by atoms with E-state index in [1.807, 2.05) is 6.92 Å². The van der Waals surface area contributed by atoms with Gasteiger partial charge in [-0.3, -0.25) is 14.4 Å². The van der Waals surface area contributed by atoms with Crippen LogP contribution in [0.4, 0.5) is 18.0 Å². The Morgan fingerprint density at radius 1 is 1.22 bits per heavy atom. The number of nitrogens with one attached hydrogen (secondary N) is 1. The lowest BCUT2D eigenvalue weighted by Crippen LogP contribution is -2.53. The minimum Gasteiger partial charge on any atom is -0.503 e. The zero-order chi connectivity index (χ0) is 26.8. The largest absolute Gasteiger partial charge is 0.503 e. The molecule has 2 fully saturated rings. The van der Waals surface area contributed by atoms with Gasteiger partial charge in [0.05, 0.1) is 12.6 Å². The van der Waals surface area contributed by atoms with Crippen LogP contribution in [0.25, 0.3) is 0 Å². The normalized spacial score (nSPS) is 24.7. The fourth-order valence-corrected chi connectivity index (χ4v) is 5.37. The molecule has 3 aliphatic heterocycles. The Kier molecular flexibility index (Phi) is 5.68. The highest BCUT2D eigenvalue weighted by Crippen LogP contribution is 2.44. The number of halogens is 3. The smallest absolute Gasteiger partial charge is 0.410 e. The van der Waals surface area contributed by atoms with Crippen molar-refractivity contribution >= 4 is 17.9 Å². The first-order valence-electron chi connectivity index (χ1n) is 11.6. The third-order valence-electron chi connectivity index (χ3n) is 7.39. The molecule has 5 rings (SSSR count). The molecule has 0 aliphatic carbocycles. The molecule has 0 saturated carbocycles. The Bertz CT molecular complexity index is 1390. The van der Waals surface area contributed by atoms with Gasteiger partial charge in [-0.2, -0.15) is 0 Å². The average molecular weight is 520 g/mol. The number of carbonyl (C=O) groups excluding carboxylic acids is 3. The SMILES string of the molecule is C[C@H]1CC[C@@]2(CN(C)C(=O)O2)[C@H]2CN1C(=O)c1c(O)c(=O)c(C(=O)NCc3c(F)cc(F)cc3F)cn12. The maximum absolute atomic E-state index is 14.0. The molecule has 1 aromatic carbocycles. The van der Waals surface area contributed by atoms with Crippen molar-refractivity contribution in [2.75, 3.05) is 20.1 Å². The molecule has 10 nitrogen and oxygen atoms in total. The number of carbonyl (C=O) groups is 3. The first-order chi connectivity index (χ1) is 17.4. The highest BCUT2D eigenvalue weighted by atomic mass is 19.1. The molecule has 196 valence electrons. The summed E-state index contributed by atoms with van der Waals surface area (Å²) < 4.78 is 48.2. The van der Waals surface area contributed by atoms with E-state index >= 15 is 0 Å². The van der Waals surface area contributed by atoms with Gasteiger partial charge < -0.3 is 29.5 Å². The number of ether oxygens (including phenoxy) is 1. The van der Waals surface area contributed by atoms with Crippen molar-refractivity contribution in [3.8, 4) is 5.75 Å². The Morgan fingerprint density at radius 3 is 2.51 bits per heavy atom. The molecule has 3 amide bonds. The van der Waals surface area contributed by atoms with E-state index in [9.17, 15) is 37.5 Å². The van der Waals surface area contributed by atoms with Gasteiger partial charge in [0, 0.05) is 50.1 Å². The molecule has 1 aromatic heterocycles. The van der Waals surface area contributed by atoms with E-state index in [1.165, 1.54) is 14.4 Å². The van der Waals surface area contributed by atoms with E-state index in [0.29, 0.717) is 25.0 Å². The lowest BCUT2D eigenvalue weighted by molar-refractivity contribution is -0.00217. The Morgan fingerprint density at radius 2 is 1.89 bits per heavy atom. The van der Waals surface area contributed by atoms with Crippen LogP contribution in [0.1, 0.15) is 52.2 Å². The van der Waals surface area contributed by atoms with Crippen LogP contribution < -0.4 is 10.7 Å². The zero-order valence-electron chi connectivity index (χ0n) is 19.9. The van der Waals surface area contributed by atoms with Crippen LogP contribution in [-0.2, 0) is 11.3 Å². The third-order valence-corrected chi connectivity index (χ3v) is 7.39. The van der Waals surface area contributed by atoms with Crippen LogP contribution in [0.15, 0.2) is 23.1 Å². The minimum absolute atomic E-state index is 0.101. The quantitative estimate of drug-likeness (QED) is 0.638. The van der Waals surface area contributed by atoms with Gasteiger partial charge in [-0.15, -0.1) is 0 Å². The first-order valence-corrected chi connectivity index (χ1v) is 11.6. The number of aromatic hydroxyl groups is 1. The predicted molar refractivity (Wildman–Crippen MR) is 120 cm³/mol. The van der Waals surface area contributed by atoms with E-state index < -0.39 is 75.9 Å². The van der Waals surface area contributed by atoms with Crippen LogP contribution >= 0.6 is 0 Å². The third kappa shape index (κ3) is 3.80. The number of fused-ring (bicyclic) bond motifs is 5. The minimum atomic E-state index is -1.23. The van der Waals surface area contributed by atoms with Gasteiger partial charge in [0.2, 0.25) is 5.43 Å². The van der Waals surface area contributed by atoms with Crippen molar-refractivity contribution in [2.24, 2.45) is 0 Å². The standard InChI is InChI=1S/C24H23F3N4O6/c1-11-3-4-24(10-29(2)23(36)37-24)17-9-30(11)22(35)18-20(33)19(32)14(8-31(17)18)21(34)28-7-13-15(26)5-12(25)6-16(13)27/h5-6,8,11,17,33H,3-4,7,9-10H2,1-2H3,(H,28,34)/t11-,17+,24+/m0/s1. The van der Waals surface area contributed by atoms with Crippen molar-refractivity contribution in [1.29, 1.82) is 0 Å². The molecule has 0 unspecified atom stereocenters. The highest BCUT2D eigenvalue weighted by Gasteiger charge is 2.56. The molecule has 2 bridgehead atoms. The molecular formula is C24H23F3N4O6. The van der Waals surface area contributed by atoms with Gasteiger partial charge in [0.25, 0.3) is 11.8 Å². The molecule has 37 heavy (non-hydrogen) atoms. The van der Waals surface area contributed by atoms with Gasteiger partial charge in [0.15, 0.2) is 17.0 Å². The Labute approximate surface area is 208 Å². The molecule has 2 N–H and O–H groups in total. The average Bonchev–Trinajstić information content (AvgIpc) is 3.05. The van der Waals surface area contributed by atoms with Gasteiger partial charge in [-0.1, -0.05) is 0 Å². The second-order valence-electron chi connectivity index (χ2n) is 9.66. The molecular weight excluding hydrogens is 497 g/mol. The summed E-state index contributed by atoms with van der Waals surface area (Å²) in [5.74, 6) is -6.24.